The molecule has 0 unspecified atom stereocenters. The number of anilines is 1. The lowest BCUT2D eigenvalue weighted by Crippen LogP contribution is -2.38. The number of aliphatic hydroxyl groups excluding tert-OH is 1. The van der Waals surface area contributed by atoms with Gasteiger partial charge in [0.1, 0.15) is 18.5 Å². The summed E-state index contributed by atoms with van der Waals surface area (Å²) in [6, 6.07) is 14.2. The molecule has 2 rings (SSSR count). The van der Waals surface area contributed by atoms with Gasteiger partial charge in [-0.15, -0.1) is 0 Å². The third-order valence-electron chi connectivity index (χ3n) is 4.07. The lowest BCUT2D eigenvalue weighted by molar-refractivity contribution is -0.127. The van der Waals surface area contributed by atoms with Gasteiger partial charge in [-0.2, -0.15) is 0 Å². The number of rotatable bonds is 8. The molecular weight excluding hydrogens is 358 g/mol. The van der Waals surface area contributed by atoms with Gasteiger partial charge >= 0.3 is 6.03 Å². The number of hydrogen-bond donors (Lipinski definition) is 3. The van der Waals surface area contributed by atoms with E-state index in [1.165, 1.54) is 4.90 Å². The Morgan fingerprint density at radius 1 is 1.11 bits per heavy atom. The van der Waals surface area contributed by atoms with E-state index in [9.17, 15) is 14.7 Å². The maximum absolute atomic E-state index is 12.1. The van der Waals surface area contributed by atoms with Crippen LogP contribution in [0.1, 0.15) is 11.1 Å². The van der Waals surface area contributed by atoms with E-state index < -0.39 is 12.1 Å². The molecule has 2 aromatic rings. The van der Waals surface area contributed by atoms with Crippen LogP contribution in [0.15, 0.2) is 48.5 Å². The molecule has 150 valence electrons. The Hall–Kier alpha value is -3.06. The van der Waals surface area contributed by atoms with Crippen molar-refractivity contribution in [1.82, 2.24) is 10.2 Å². The fourth-order valence-corrected chi connectivity index (χ4v) is 2.38. The molecule has 0 aliphatic heterocycles. The zero-order chi connectivity index (χ0) is 20.5. The third-order valence-corrected chi connectivity index (χ3v) is 4.07. The molecule has 0 saturated carbocycles. The van der Waals surface area contributed by atoms with Crippen LogP contribution in [-0.2, 0) is 11.2 Å². The number of amides is 3. The molecule has 0 spiro atoms. The van der Waals surface area contributed by atoms with Gasteiger partial charge in [0.15, 0.2) is 0 Å². The highest BCUT2D eigenvalue weighted by Gasteiger charge is 2.12. The fourth-order valence-electron chi connectivity index (χ4n) is 2.38. The van der Waals surface area contributed by atoms with Crippen molar-refractivity contribution >= 4 is 17.6 Å². The SMILES string of the molecule is Cc1ccc(OC[C@@H](O)CNC(=O)Nc2ccccc2CC(=O)N(C)C)cc1. The molecule has 0 aliphatic carbocycles. The topological polar surface area (TPSA) is 90.9 Å². The number of nitrogens with one attached hydrogen (secondary N) is 2. The van der Waals surface area contributed by atoms with Crippen molar-refractivity contribution in [2.45, 2.75) is 19.4 Å². The highest BCUT2D eigenvalue weighted by Crippen LogP contribution is 2.16. The number of urea groups is 1. The average Bonchev–Trinajstić information content (AvgIpc) is 2.67. The first-order valence-electron chi connectivity index (χ1n) is 9.05. The Kier molecular flexibility index (Phi) is 7.83. The Morgan fingerprint density at radius 3 is 2.46 bits per heavy atom. The summed E-state index contributed by atoms with van der Waals surface area (Å²) in [6.45, 7) is 2.09. The van der Waals surface area contributed by atoms with E-state index in [1.807, 2.05) is 37.3 Å². The Balaban J connectivity index is 1.80. The van der Waals surface area contributed by atoms with Gasteiger partial charge in [0, 0.05) is 26.3 Å². The highest BCUT2D eigenvalue weighted by atomic mass is 16.5. The predicted octanol–water partition coefficient (Wildman–Crippen LogP) is 2.19. The van der Waals surface area contributed by atoms with Crippen LogP contribution in [0.25, 0.3) is 0 Å². The number of ether oxygens (including phenoxy) is 1. The van der Waals surface area contributed by atoms with Crippen LogP contribution in [-0.4, -0.2) is 55.3 Å². The first kappa shape index (κ1) is 21.2. The monoisotopic (exact) mass is 385 g/mol. The first-order chi connectivity index (χ1) is 13.3. The molecule has 28 heavy (non-hydrogen) atoms. The molecule has 0 radical (unpaired) electrons. The van der Waals surface area contributed by atoms with E-state index in [1.54, 1.807) is 32.3 Å². The largest absolute Gasteiger partial charge is 0.491 e. The zero-order valence-corrected chi connectivity index (χ0v) is 16.4. The van der Waals surface area contributed by atoms with Gasteiger partial charge in [-0.1, -0.05) is 35.9 Å². The van der Waals surface area contributed by atoms with Crippen LogP contribution in [0.3, 0.4) is 0 Å². The van der Waals surface area contributed by atoms with Crippen molar-refractivity contribution < 1.29 is 19.4 Å². The maximum Gasteiger partial charge on any atom is 0.319 e. The summed E-state index contributed by atoms with van der Waals surface area (Å²) >= 11 is 0. The van der Waals surface area contributed by atoms with Crippen LogP contribution in [0.5, 0.6) is 5.75 Å². The van der Waals surface area contributed by atoms with Crippen molar-refractivity contribution in [3.05, 3.63) is 59.7 Å². The number of aliphatic hydroxyl groups is 1. The molecule has 3 amide bonds. The molecule has 2 aromatic carbocycles. The van der Waals surface area contributed by atoms with Crippen LogP contribution < -0.4 is 15.4 Å². The van der Waals surface area contributed by atoms with Crippen molar-refractivity contribution in [3.8, 4) is 5.75 Å². The lowest BCUT2D eigenvalue weighted by Gasteiger charge is -2.16. The van der Waals surface area contributed by atoms with E-state index in [0.717, 1.165) is 11.1 Å². The van der Waals surface area contributed by atoms with Crippen molar-refractivity contribution in [3.63, 3.8) is 0 Å². The molecule has 0 saturated heterocycles. The summed E-state index contributed by atoms with van der Waals surface area (Å²) < 4.78 is 5.49. The second kappa shape index (κ2) is 10.3. The molecule has 7 heteroatoms. The molecule has 7 nitrogen and oxygen atoms in total. The van der Waals surface area contributed by atoms with Crippen molar-refractivity contribution in [2.75, 3.05) is 32.6 Å². The minimum Gasteiger partial charge on any atom is -0.491 e. The van der Waals surface area contributed by atoms with Gasteiger partial charge < -0.3 is 25.4 Å². The summed E-state index contributed by atoms with van der Waals surface area (Å²) in [5, 5.41) is 15.3. The zero-order valence-electron chi connectivity index (χ0n) is 16.4. The van der Waals surface area contributed by atoms with Crippen LogP contribution >= 0.6 is 0 Å². The van der Waals surface area contributed by atoms with E-state index in [0.29, 0.717) is 11.4 Å². The second-order valence-electron chi connectivity index (χ2n) is 6.73. The Morgan fingerprint density at radius 2 is 1.79 bits per heavy atom. The molecule has 1 atom stereocenters. The number of aryl methyl sites for hydroxylation is 1. The number of carbonyl (C=O) groups is 2. The van der Waals surface area contributed by atoms with Gasteiger partial charge in [0.05, 0.1) is 6.42 Å². The van der Waals surface area contributed by atoms with E-state index in [2.05, 4.69) is 10.6 Å². The predicted molar refractivity (Wildman–Crippen MR) is 109 cm³/mol. The van der Waals surface area contributed by atoms with Gasteiger partial charge in [0.2, 0.25) is 5.91 Å². The minimum atomic E-state index is -0.849. The molecule has 0 bridgehead atoms. The standard InChI is InChI=1S/C21H27N3O4/c1-15-8-10-18(11-9-15)28-14-17(25)13-22-21(27)23-19-7-5-4-6-16(19)12-20(26)24(2)3/h4-11,17,25H,12-14H2,1-3H3,(H2,22,23,27)/t17-/m0/s1. The van der Waals surface area contributed by atoms with Crippen LogP contribution in [0, 0.1) is 6.92 Å². The van der Waals surface area contributed by atoms with Crippen LogP contribution in [0.4, 0.5) is 10.5 Å². The smallest absolute Gasteiger partial charge is 0.319 e. The van der Waals surface area contributed by atoms with Gasteiger partial charge in [-0.05, 0) is 30.7 Å². The third kappa shape index (κ3) is 6.92. The molecule has 0 aromatic heterocycles. The summed E-state index contributed by atoms with van der Waals surface area (Å²) in [5.74, 6) is 0.604. The molecule has 3 N–H and O–H groups in total. The van der Waals surface area contributed by atoms with Crippen molar-refractivity contribution in [1.29, 1.82) is 0 Å². The summed E-state index contributed by atoms with van der Waals surface area (Å²) in [7, 11) is 3.37. The molecule has 0 aliphatic rings. The summed E-state index contributed by atoms with van der Waals surface area (Å²) in [6.07, 6.45) is -0.658. The van der Waals surface area contributed by atoms with E-state index >= 15 is 0 Å². The van der Waals surface area contributed by atoms with Gasteiger partial charge in [0.25, 0.3) is 0 Å². The number of para-hydroxylation sites is 1. The Bertz CT molecular complexity index is 790. The summed E-state index contributed by atoms with van der Waals surface area (Å²) in [4.78, 5) is 25.6. The number of nitrogens with zero attached hydrogens (tertiary/aromatic N) is 1. The molecular formula is C21H27N3O4. The number of likely N-dealkylation sites (N-methyl/N-ethyl adjacent to an activating group) is 1. The Labute approximate surface area is 165 Å². The average molecular weight is 385 g/mol. The molecule has 0 fully saturated rings. The normalized spacial score (nSPS) is 11.4. The minimum absolute atomic E-state index is 0.0382. The van der Waals surface area contributed by atoms with Gasteiger partial charge in [-0.3, -0.25) is 4.79 Å². The fraction of sp³-hybridized carbons (Fsp3) is 0.333. The number of benzene rings is 2. The lowest BCUT2D eigenvalue weighted by atomic mass is 10.1. The van der Waals surface area contributed by atoms with E-state index in [4.69, 9.17) is 4.74 Å². The van der Waals surface area contributed by atoms with Gasteiger partial charge in [-0.25, -0.2) is 4.79 Å². The highest BCUT2D eigenvalue weighted by molar-refractivity contribution is 5.91. The maximum atomic E-state index is 12.1. The van der Waals surface area contributed by atoms with E-state index in [-0.39, 0.29) is 25.5 Å². The number of carbonyl (C=O) groups excluding carboxylic acids is 2. The first-order valence-corrected chi connectivity index (χ1v) is 9.05. The second-order valence-corrected chi connectivity index (χ2v) is 6.73. The number of hydrogen-bond acceptors (Lipinski definition) is 4. The van der Waals surface area contributed by atoms with Crippen molar-refractivity contribution in [2.24, 2.45) is 0 Å². The quantitative estimate of drug-likeness (QED) is 0.650. The summed E-state index contributed by atoms with van der Waals surface area (Å²) in [5.41, 5.74) is 2.40. The van der Waals surface area contributed by atoms with Crippen LogP contribution in [0.2, 0.25) is 0 Å². The molecule has 0 heterocycles.